The molecule has 2 N–H and O–H groups in total. The van der Waals surface area contributed by atoms with Crippen molar-refractivity contribution in [2.45, 2.75) is 4.90 Å². The van der Waals surface area contributed by atoms with Crippen LogP contribution >= 0.6 is 0 Å². The highest BCUT2D eigenvalue weighted by molar-refractivity contribution is 7.92. The molecule has 9 heteroatoms. The van der Waals surface area contributed by atoms with E-state index in [4.69, 9.17) is 13.9 Å². The molecule has 1 aromatic heterocycles. The van der Waals surface area contributed by atoms with Crippen molar-refractivity contribution in [2.75, 3.05) is 24.3 Å². The van der Waals surface area contributed by atoms with Gasteiger partial charge in [0.1, 0.15) is 0 Å². The number of benzene rings is 2. The molecule has 0 unspecified atom stereocenters. The Labute approximate surface area is 162 Å². The predicted molar refractivity (Wildman–Crippen MR) is 103 cm³/mol. The lowest BCUT2D eigenvalue weighted by Gasteiger charge is -2.12. The van der Waals surface area contributed by atoms with Gasteiger partial charge in [0.15, 0.2) is 17.3 Å². The lowest BCUT2D eigenvalue weighted by atomic mass is 10.3. The maximum atomic E-state index is 12.7. The zero-order valence-electron chi connectivity index (χ0n) is 15.1. The smallest absolute Gasteiger partial charge is 0.291 e. The molecule has 1 amide bonds. The standard InChI is InChI=1S/C19H18N2O6S/c1-25-16-9-8-15(12-18(16)26-2)28(23,24)21-14-6-3-5-13(11-14)20-19(22)17-7-4-10-27-17/h3-12,21H,1-2H3,(H,20,22). The molecule has 0 atom stereocenters. The van der Waals surface area contributed by atoms with E-state index in [1.807, 2.05) is 0 Å². The Bertz CT molecular complexity index is 1080. The summed E-state index contributed by atoms with van der Waals surface area (Å²) >= 11 is 0. The highest BCUT2D eigenvalue weighted by Gasteiger charge is 2.18. The van der Waals surface area contributed by atoms with Gasteiger partial charge in [-0.25, -0.2) is 8.42 Å². The Morgan fingerprint density at radius 1 is 0.929 bits per heavy atom. The number of hydrogen-bond acceptors (Lipinski definition) is 6. The van der Waals surface area contributed by atoms with Crippen LogP contribution in [0, 0.1) is 0 Å². The van der Waals surface area contributed by atoms with E-state index in [0.29, 0.717) is 17.2 Å². The zero-order valence-corrected chi connectivity index (χ0v) is 15.9. The normalized spacial score (nSPS) is 10.9. The maximum Gasteiger partial charge on any atom is 0.291 e. The molecule has 0 aliphatic heterocycles. The average molecular weight is 402 g/mol. The minimum absolute atomic E-state index is 0.00942. The second-order valence-corrected chi connectivity index (χ2v) is 7.32. The number of hydrogen-bond donors (Lipinski definition) is 2. The quantitative estimate of drug-likeness (QED) is 0.628. The molecule has 0 spiro atoms. The lowest BCUT2D eigenvalue weighted by molar-refractivity contribution is 0.0996. The van der Waals surface area contributed by atoms with Crippen molar-refractivity contribution in [1.82, 2.24) is 0 Å². The van der Waals surface area contributed by atoms with Crippen LogP contribution in [-0.4, -0.2) is 28.5 Å². The number of nitrogens with one attached hydrogen (secondary N) is 2. The van der Waals surface area contributed by atoms with Gasteiger partial charge < -0.3 is 19.2 Å². The third kappa shape index (κ3) is 4.26. The van der Waals surface area contributed by atoms with Crippen molar-refractivity contribution in [1.29, 1.82) is 0 Å². The van der Waals surface area contributed by atoms with Crippen LogP contribution in [0.4, 0.5) is 11.4 Å². The summed E-state index contributed by atoms with van der Waals surface area (Å²) in [5.41, 5.74) is 0.695. The molecule has 0 aliphatic rings. The third-order valence-electron chi connectivity index (χ3n) is 3.78. The topological polar surface area (TPSA) is 107 Å². The molecule has 146 valence electrons. The number of carbonyl (C=O) groups excluding carboxylic acids is 1. The Morgan fingerprint density at radius 3 is 2.36 bits per heavy atom. The third-order valence-corrected chi connectivity index (χ3v) is 5.16. The monoisotopic (exact) mass is 402 g/mol. The van der Waals surface area contributed by atoms with E-state index in [1.54, 1.807) is 24.3 Å². The first-order chi connectivity index (χ1) is 13.4. The molecule has 3 aromatic rings. The summed E-state index contributed by atoms with van der Waals surface area (Å²) in [6.07, 6.45) is 1.39. The van der Waals surface area contributed by atoms with Gasteiger partial charge in [-0.05, 0) is 42.5 Å². The lowest BCUT2D eigenvalue weighted by Crippen LogP contribution is -2.14. The number of furan rings is 1. The summed E-state index contributed by atoms with van der Waals surface area (Å²) in [6.45, 7) is 0. The first-order valence-electron chi connectivity index (χ1n) is 8.13. The highest BCUT2D eigenvalue weighted by Crippen LogP contribution is 2.30. The summed E-state index contributed by atoms with van der Waals surface area (Å²) < 4.78 is 43.1. The van der Waals surface area contributed by atoms with Gasteiger partial charge in [0.25, 0.3) is 15.9 Å². The van der Waals surface area contributed by atoms with Crippen molar-refractivity contribution in [2.24, 2.45) is 0 Å². The minimum Gasteiger partial charge on any atom is -0.493 e. The maximum absolute atomic E-state index is 12.7. The summed E-state index contributed by atoms with van der Waals surface area (Å²) in [5, 5.41) is 2.64. The van der Waals surface area contributed by atoms with E-state index in [9.17, 15) is 13.2 Å². The van der Waals surface area contributed by atoms with E-state index < -0.39 is 15.9 Å². The number of rotatable bonds is 7. The molecule has 3 rings (SSSR count). The molecule has 8 nitrogen and oxygen atoms in total. The molecule has 0 saturated heterocycles. The van der Waals surface area contributed by atoms with Gasteiger partial charge in [-0.2, -0.15) is 0 Å². The first kappa shape index (κ1) is 19.3. The van der Waals surface area contributed by atoms with E-state index in [1.165, 1.54) is 50.8 Å². The fourth-order valence-corrected chi connectivity index (χ4v) is 3.52. The van der Waals surface area contributed by atoms with Crippen LogP contribution in [0.5, 0.6) is 11.5 Å². The van der Waals surface area contributed by atoms with Crippen LogP contribution in [0.2, 0.25) is 0 Å². The molecule has 0 aliphatic carbocycles. The van der Waals surface area contributed by atoms with Gasteiger partial charge in [0, 0.05) is 11.8 Å². The molecule has 2 aromatic carbocycles. The number of amides is 1. The second kappa shape index (κ2) is 8.05. The molecule has 0 saturated carbocycles. The first-order valence-corrected chi connectivity index (χ1v) is 9.61. The fourth-order valence-electron chi connectivity index (χ4n) is 2.46. The Kier molecular flexibility index (Phi) is 5.55. The van der Waals surface area contributed by atoms with Gasteiger partial charge in [-0.1, -0.05) is 6.07 Å². The molecule has 0 radical (unpaired) electrons. The van der Waals surface area contributed by atoms with E-state index >= 15 is 0 Å². The Hall–Kier alpha value is -3.46. The van der Waals surface area contributed by atoms with Gasteiger partial charge >= 0.3 is 0 Å². The second-order valence-electron chi connectivity index (χ2n) is 5.63. The van der Waals surface area contributed by atoms with E-state index in [2.05, 4.69) is 10.0 Å². The van der Waals surface area contributed by atoms with Gasteiger partial charge in [-0.3, -0.25) is 9.52 Å². The summed E-state index contributed by atoms with van der Waals surface area (Å²) in [4.78, 5) is 12.1. The zero-order chi connectivity index (χ0) is 20.1. The van der Waals surface area contributed by atoms with Crippen LogP contribution in [0.25, 0.3) is 0 Å². The minimum atomic E-state index is -3.88. The van der Waals surface area contributed by atoms with Crippen LogP contribution in [0.15, 0.2) is 70.2 Å². The number of sulfonamides is 1. The van der Waals surface area contributed by atoms with Gasteiger partial charge in [0.2, 0.25) is 0 Å². The largest absolute Gasteiger partial charge is 0.493 e. The number of methoxy groups -OCH3 is 2. The van der Waals surface area contributed by atoms with Crippen LogP contribution in [0.3, 0.4) is 0 Å². The van der Waals surface area contributed by atoms with Crippen molar-refractivity contribution in [3.8, 4) is 11.5 Å². The Balaban J connectivity index is 1.80. The molecule has 0 bridgehead atoms. The molecular formula is C19H18N2O6S. The summed E-state index contributed by atoms with van der Waals surface area (Å²) in [7, 11) is -0.988. The van der Waals surface area contributed by atoms with Crippen molar-refractivity contribution < 1.29 is 27.1 Å². The van der Waals surface area contributed by atoms with Crippen molar-refractivity contribution in [3.05, 3.63) is 66.6 Å². The van der Waals surface area contributed by atoms with Gasteiger partial charge in [-0.15, -0.1) is 0 Å². The average Bonchev–Trinajstić information content (AvgIpc) is 3.22. The SMILES string of the molecule is COc1ccc(S(=O)(=O)Nc2cccc(NC(=O)c3ccco3)c2)cc1OC. The van der Waals surface area contributed by atoms with Crippen LogP contribution in [-0.2, 0) is 10.0 Å². The highest BCUT2D eigenvalue weighted by atomic mass is 32.2. The summed E-state index contributed by atoms with van der Waals surface area (Å²) in [6, 6.07) is 13.7. The van der Waals surface area contributed by atoms with Crippen LogP contribution < -0.4 is 19.5 Å². The van der Waals surface area contributed by atoms with E-state index in [-0.39, 0.29) is 16.3 Å². The summed E-state index contributed by atoms with van der Waals surface area (Å²) in [5.74, 6) is 0.426. The molecule has 28 heavy (non-hydrogen) atoms. The van der Waals surface area contributed by atoms with Crippen molar-refractivity contribution in [3.63, 3.8) is 0 Å². The van der Waals surface area contributed by atoms with E-state index in [0.717, 1.165) is 0 Å². The fraction of sp³-hybridized carbons (Fsp3) is 0.105. The molecule has 1 heterocycles. The number of anilines is 2. The Morgan fingerprint density at radius 2 is 1.68 bits per heavy atom. The number of ether oxygens (including phenoxy) is 2. The molecular weight excluding hydrogens is 384 g/mol. The number of carbonyl (C=O) groups is 1. The predicted octanol–water partition coefficient (Wildman–Crippen LogP) is 3.35. The van der Waals surface area contributed by atoms with Gasteiger partial charge in [0.05, 0.1) is 31.1 Å². The molecule has 0 fully saturated rings. The van der Waals surface area contributed by atoms with Crippen molar-refractivity contribution >= 4 is 27.3 Å². The van der Waals surface area contributed by atoms with Crippen LogP contribution in [0.1, 0.15) is 10.6 Å².